The first-order chi connectivity index (χ1) is 15.4. The number of nitrogens with zero attached hydrogens (tertiary/aromatic N) is 3. The molecule has 2 aliphatic rings. The van der Waals surface area contributed by atoms with Crippen LogP contribution in [-0.2, 0) is 14.8 Å². The van der Waals surface area contributed by atoms with Crippen LogP contribution in [-0.4, -0.2) is 59.6 Å². The van der Waals surface area contributed by atoms with Crippen molar-refractivity contribution in [2.24, 2.45) is 0 Å². The molecule has 0 unspecified atom stereocenters. The maximum atomic E-state index is 12.6. The third-order valence-corrected chi connectivity index (χ3v) is 9.38. The molecular formula is C20H25N5O4S3. The number of rotatable bonds is 8. The molecule has 2 fully saturated rings. The predicted molar refractivity (Wildman–Crippen MR) is 123 cm³/mol. The first-order valence-electron chi connectivity index (χ1n) is 10.6. The highest BCUT2D eigenvalue weighted by Crippen LogP contribution is 2.26. The van der Waals surface area contributed by atoms with Crippen LogP contribution >= 0.6 is 23.1 Å². The highest BCUT2D eigenvalue weighted by atomic mass is 32.2. The molecule has 32 heavy (non-hydrogen) atoms. The molecule has 1 aromatic heterocycles. The van der Waals surface area contributed by atoms with E-state index in [9.17, 15) is 18.0 Å². The number of thioether (sulfide) groups is 1. The zero-order chi connectivity index (χ0) is 22.6. The fraction of sp³-hybridized carbons (Fsp3) is 0.500. The van der Waals surface area contributed by atoms with Gasteiger partial charge in [0, 0.05) is 24.7 Å². The lowest BCUT2D eigenvalue weighted by Crippen LogP contribution is -2.33. The van der Waals surface area contributed by atoms with E-state index >= 15 is 0 Å². The van der Waals surface area contributed by atoms with Gasteiger partial charge in [-0.1, -0.05) is 35.9 Å². The zero-order valence-electron chi connectivity index (χ0n) is 17.5. The van der Waals surface area contributed by atoms with E-state index in [2.05, 4.69) is 20.8 Å². The van der Waals surface area contributed by atoms with Crippen LogP contribution in [0, 0.1) is 0 Å². The van der Waals surface area contributed by atoms with E-state index < -0.39 is 15.9 Å². The van der Waals surface area contributed by atoms with Crippen LogP contribution < -0.4 is 10.6 Å². The molecule has 1 aliphatic carbocycles. The maximum Gasteiger partial charge on any atom is 0.257 e. The fourth-order valence-electron chi connectivity index (χ4n) is 3.81. The Kier molecular flexibility index (Phi) is 7.44. The van der Waals surface area contributed by atoms with Crippen molar-refractivity contribution in [1.82, 2.24) is 19.8 Å². The molecule has 0 radical (unpaired) electrons. The third-order valence-electron chi connectivity index (χ3n) is 5.49. The van der Waals surface area contributed by atoms with Gasteiger partial charge in [0.1, 0.15) is 0 Å². The summed E-state index contributed by atoms with van der Waals surface area (Å²) < 4.78 is 27.2. The minimum atomic E-state index is -3.51. The number of nitrogens with one attached hydrogen (secondary N) is 2. The Hall–Kier alpha value is -2.02. The standard InChI is InChI=1S/C20H25N5O4S3/c26-17(21-15-5-1-2-6-15)13-30-20-24-23-19(31-20)22-18(27)14-7-9-16(10-8-14)32(28,29)25-11-3-4-12-25/h7-10,15H,1-6,11-13H2,(H,21,26)(H,22,23,27). The van der Waals surface area contributed by atoms with Crippen LogP contribution in [0.15, 0.2) is 33.5 Å². The monoisotopic (exact) mass is 495 g/mol. The minimum absolute atomic E-state index is 0.0216. The largest absolute Gasteiger partial charge is 0.353 e. The summed E-state index contributed by atoms with van der Waals surface area (Å²) in [5, 5.41) is 14.0. The van der Waals surface area contributed by atoms with Gasteiger partial charge in [-0.25, -0.2) is 8.42 Å². The Morgan fingerprint density at radius 1 is 1.06 bits per heavy atom. The Morgan fingerprint density at radius 2 is 1.75 bits per heavy atom. The number of amides is 2. The molecule has 2 amide bonds. The Morgan fingerprint density at radius 3 is 2.44 bits per heavy atom. The molecule has 0 atom stereocenters. The Balaban J connectivity index is 1.29. The molecule has 0 bridgehead atoms. The van der Waals surface area contributed by atoms with Gasteiger partial charge < -0.3 is 5.32 Å². The second-order valence-corrected chi connectivity index (χ2v) is 11.9. The van der Waals surface area contributed by atoms with Gasteiger partial charge in [0.25, 0.3) is 5.91 Å². The number of carbonyl (C=O) groups excluding carboxylic acids is 2. The summed E-state index contributed by atoms with van der Waals surface area (Å²) in [5.74, 6) is -0.167. The summed E-state index contributed by atoms with van der Waals surface area (Å²) >= 11 is 2.47. The van der Waals surface area contributed by atoms with E-state index in [0.717, 1.165) is 38.5 Å². The van der Waals surface area contributed by atoms with Crippen LogP contribution in [0.3, 0.4) is 0 Å². The molecule has 12 heteroatoms. The van der Waals surface area contributed by atoms with Crippen LogP contribution in [0.4, 0.5) is 5.13 Å². The van der Waals surface area contributed by atoms with Crippen molar-refractivity contribution in [2.75, 3.05) is 24.2 Å². The molecule has 172 valence electrons. The molecule has 2 heterocycles. The number of aromatic nitrogens is 2. The highest BCUT2D eigenvalue weighted by molar-refractivity contribution is 8.01. The number of hydrogen-bond acceptors (Lipinski definition) is 8. The van der Waals surface area contributed by atoms with E-state index in [0.29, 0.717) is 28.1 Å². The fourth-order valence-corrected chi connectivity index (χ4v) is 6.89. The van der Waals surface area contributed by atoms with Gasteiger partial charge in [-0.05, 0) is 49.9 Å². The van der Waals surface area contributed by atoms with E-state index in [1.807, 2.05) is 0 Å². The molecule has 1 saturated carbocycles. The molecule has 1 aromatic carbocycles. The zero-order valence-corrected chi connectivity index (χ0v) is 19.9. The van der Waals surface area contributed by atoms with Crippen LogP contribution in [0.1, 0.15) is 48.9 Å². The SMILES string of the molecule is O=C(CSc1nnc(NC(=O)c2ccc(S(=O)(=O)N3CCCC3)cc2)s1)NC1CCCC1. The van der Waals surface area contributed by atoms with Gasteiger partial charge in [0.05, 0.1) is 10.6 Å². The van der Waals surface area contributed by atoms with Crippen LogP contribution in [0.2, 0.25) is 0 Å². The molecular weight excluding hydrogens is 470 g/mol. The van der Waals surface area contributed by atoms with E-state index in [4.69, 9.17) is 0 Å². The Labute approximate surface area is 195 Å². The van der Waals surface area contributed by atoms with Gasteiger partial charge in [-0.3, -0.25) is 14.9 Å². The molecule has 1 aliphatic heterocycles. The van der Waals surface area contributed by atoms with Crippen LogP contribution in [0.25, 0.3) is 0 Å². The number of anilines is 1. The first kappa shape index (κ1) is 23.1. The van der Waals surface area contributed by atoms with Gasteiger partial charge in [0.15, 0.2) is 4.34 Å². The van der Waals surface area contributed by atoms with Crippen molar-refractivity contribution in [3.05, 3.63) is 29.8 Å². The van der Waals surface area contributed by atoms with Crippen molar-refractivity contribution in [3.8, 4) is 0 Å². The van der Waals surface area contributed by atoms with Gasteiger partial charge in [-0.15, -0.1) is 10.2 Å². The lowest BCUT2D eigenvalue weighted by molar-refractivity contribution is -0.119. The summed E-state index contributed by atoms with van der Waals surface area (Å²) in [4.78, 5) is 24.7. The summed E-state index contributed by atoms with van der Waals surface area (Å²) in [6.45, 7) is 1.06. The number of sulfonamides is 1. The Bertz CT molecular complexity index is 1060. The average molecular weight is 496 g/mol. The van der Waals surface area contributed by atoms with E-state index in [1.54, 1.807) is 0 Å². The lowest BCUT2D eigenvalue weighted by Gasteiger charge is -2.15. The normalized spacial score (nSPS) is 17.5. The first-order valence-corrected chi connectivity index (χ1v) is 13.8. The average Bonchev–Trinajstić information content (AvgIpc) is 3.55. The summed E-state index contributed by atoms with van der Waals surface area (Å²) in [7, 11) is -3.51. The number of hydrogen-bond donors (Lipinski definition) is 2. The highest BCUT2D eigenvalue weighted by Gasteiger charge is 2.27. The number of benzene rings is 1. The van der Waals surface area contributed by atoms with E-state index in [1.165, 1.54) is 51.7 Å². The van der Waals surface area contributed by atoms with Crippen molar-refractivity contribution >= 4 is 50.1 Å². The second-order valence-electron chi connectivity index (χ2n) is 7.80. The lowest BCUT2D eigenvalue weighted by atomic mass is 10.2. The summed E-state index contributed by atoms with van der Waals surface area (Å²) in [5.41, 5.74) is 0.325. The molecule has 0 spiro atoms. The molecule has 4 rings (SSSR count). The van der Waals surface area contributed by atoms with Crippen molar-refractivity contribution < 1.29 is 18.0 Å². The predicted octanol–water partition coefficient (Wildman–Crippen LogP) is 2.73. The van der Waals surface area contributed by atoms with Crippen LogP contribution in [0.5, 0.6) is 0 Å². The molecule has 1 saturated heterocycles. The van der Waals surface area contributed by atoms with Crippen molar-refractivity contribution in [3.63, 3.8) is 0 Å². The quantitative estimate of drug-likeness (QED) is 0.427. The molecule has 2 N–H and O–H groups in total. The van der Waals surface area contributed by atoms with Gasteiger partial charge >= 0.3 is 0 Å². The summed E-state index contributed by atoms with van der Waals surface area (Å²) in [6.07, 6.45) is 6.14. The van der Waals surface area contributed by atoms with Gasteiger partial charge in [0.2, 0.25) is 21.1 Å². The molecule has 2 aromatic rings. The maximum absolute atomic E-state index is 12.6. The smallest absolute Gasteiger partial charge is 0.257 e. The third kappa shape index (κ3) is 5.66. The van der Waals surface area contributed by atoms with Gasteiger partial charge in [-0.2, -0.15) is 4.31 Å². The second kappa shape index (κ2) is 10.3. The minimum Gasteiger partial charge on any atom is -0.353 e. The summed E-state index contributed by atoms with van der Waals surface area (Å²) in [6, 6.07) is 6.16. The molecule has 9 nitrogen and oxygen atoms in total. The van der Waals surface area contributed by atoms with E-state index in [-0.39, 0.29) is 22.6 Å². The topological polar surface area (TPSA) is 121 Å². The number of carbonyl (C=O) groups is 2. The van der Waals surface area contributed by atoms with Crippen molar-refractivity contribution in [1.29, 1.82) is 0 Å². The van der Waals surface area contributed by atoms with Crippen molar-refractivity contribution in [2.45, 2.75) is 53.8 Å².